The maximum Gasteiger partial charge on any atom is 0.160 e. The van der Waals surface area contributed by atoms with Gasteiger partial charge in [0.25, 0.3) is 0 Å². The molecule has 0 bridgehead atoms. The topological polar surface area (TPSA) is 69.6 Å². The molecule has 1 aromatic rings. The van der Waals surface area contributed by atoms with Crippen LogP contribution >= 0.6 is 0 Å². The van der Waals surface area contributed by atoms with E-state index in [0.717, 1.165) is 31.2 Å². The molecule has 1 fully saturated rings. The van der Waals surface area contributed by atoms with Gasteiger partial charge in [-0.05, 0) is 43.5 Å². The summed E-state index contributed by atoms with van der Waals surface area (Å²) in [6.45, 7) is 1.85. The third kappa shape index (κ3) is 4.33. The van der Waals surface area contributed by atoms with E-state index in [1.54, 1.807) is 36.5 Å². The second-order valence-corrected chi connectivity index (χ2v) is 5.71. The number of hydrogen-bond donors (Lipinski definition) is 3. The lowest BCUT2D eigenvalue weighted by molar-refractivity contribution is -0.118. The molecule has 1 aliphatic carbocycles. The van der Waals surface area contributed by atoms with E-state index in [4.69, 9.17) is 0 Å². The molecule has 0 radical (unpaired) electrons. The third-order valence-electron chi connectivity index (χ3n) is 4.07. The van der Waals surface area contributed by atoms with Gasteiger partial charge in [-0.1, -0.05) is 25.0 Å². The smallest absolute Gasteiger partial charge is 0.160 e. The molecular formula is C17H23NO3. The number of carbonyl (C=O) groups is 1. The Labute approximate surface area is 125 Å². The summed E-state index contributed by atoms with van der Waals surface area (Å²) in [6, 6.07) is 6.24. The van der Waals surface area contributed by atoms with E-state index in [9.17, 15) is 15.0 Å². The lowest BCUT2D eigenvalue weighted by Gasteiger charge is -2.19. The maximum absolute atomic E-state index is 11.9. The lowest BCUT2D eigenvalue weighted by atomic mass is 10.0. The first-order valence-electron chi connectivity index (χ1n) is 7.51. The molecule has 0 aromatic heterocycles. The van der Waals surface area contributed by atoms with Crippen molar-refractivity contribution >= 4 is 5.78 Å². The van der Waals surface area contributed by atoms with Crippen LogP contribution in [0.3, 0.4) is 0 Å². The number of phenolic OH excluding ortho intramolecular Hbond substituents is 1. The predicted octanol–water partition coefficient (Wildman–Crippen LogP) is 2.68. The summed E-state index contributed by atoms with van der Waals surface area (Å²) in [5, 5.41) is 22.5. The molecule has 1 aromatic carbocycles. The van der Waals surface area contributed by atoms with Gasteiger partial charge in [-0.2, -0.15) is 0 Å². The van der Waals surface area contributed by atoms with Gasteiger partial charge in [0.2, 0.25) is 0 Å². The van der Waals surface area contributed by atoms with Crippen molar-refractivity contribution in [1.82, 2.24) is 5.32 Å². The van der Waals surface area contributed by atoms with Gasteiger partial charge in [0.15, 0.2) is 5.78 Å². The van der Waals surface area contributed by atoms with Crippen molar-refractivity contribution in [2.75, 3.05) is 0 Å². The lowest BCUT2D eigenvalue weighted by Crippen LogP contribution is -2.28. The van der Waals surface area contributed by atoms with Gasteiger partial charge in [0, 0.05) is 12.1 Å². The predicted molar refractivity (Wildman–Crippen MR) is 81.8 cm³/mol. The minimum atomic E-state index is -0.697. The first-order valence-corrected chi connectivity index (χ1v) is 7.51. The molecule has 1 aliphatic rings. The van der Waals surface area contributed by atoms with Crippen molar-refractivity contribution in [2.24, 2.45) is 5.92 Å². The van der Waals surface area contributed by atoms with E-state index < -0.39 is 6.10 Å². The van der Waals surface area contributed by atoms with Crippen LogP contribution in [-0.4, -0.2) is 22.0 Å². The average molecular weight is 289 g/mol. The summed E-state index contributed by atoms with van der Waals surface area (Å²) in [6.07, 6.45) is 6.80. The fourth-order valence-corrected chi connectivity index (χ4v) is 2.68. The van der Waals surface area contributed by atoms with Gasteiger partial charge >= 0.3 is 0 Å². The van der Waals surface area contributed by atoms with Crippen molar-refractivity contribution in [2.45, 2.75) is 44.8 Å². The highest BCUT2D eigenvalue weighted by atomic mass is 16.3. The minimum absolute atomic E-state index is 0.173. The number of benzene rings is 1. The van der Waals surface area contributed by atoms with Crippen LogP contribution in [0.25, 0.3) is 0 Å². The molecule has 0 aliphatic heterocycles. The number of nitrogens with one attached hydrogen (secondary N) is 1. The van der Waals surface area contributed by atoms with Gasteiger partial charge < -0.3 is 15.5 Å². The fourth-order valence-electron chi connectivity index (χ4n) is 2.68. The Morgan fingerprint density at radius 1 is 1.29 bits per heavy atom. The Morgan fingerprint density at radius 3 is 2.52 bits per heavy atom. The van der Waals surface area contributed by atoms with Crippen molar-refractivity contribution in [3.05, 3.63) is 42.1 Å². The van der Waals surface area contributed by atoms with Gasteiger partial charge in [-0.25, -0.2) is 0 Å². The normalized spacial score (nSPS) is 18.8. The molecule has 0 heterocycles. The molecule has 0 amide bonds. The highest BCUT2D eigenvalue weighted by Gasteiger charge is 2.20. The zero-order valence-corrected chi connectivity index (χ0v) is 12.3. The molecule has 3 N–H and O–H groups in total. The molecule has 0 saturated heterocycles. The van der Waals surface area contributed by atoms with Gasteiger partial charge in [0.1, 0.15) is 5.75 Å². The Bertz CT molecular complexity index is 489. The minimum Gasteiger partial charge on any atom is -0.508 e. The van der Waals surface area contributed by atoms with Crippen LogP contribution in [0.15, 0.2) is 36.5 Å². The third-order valence-corrected chi connectivity index (χ3v) is 4.07. The van der Waals surface area contributed by atoms with E-state index in [1.165, 1.54) is 0 Å². The molecule has 2 atom stereocenters. The first-order chi connectivity index (χ1) is 10.1. The highest BCUT2D eigenvalue weighted by Crippen LogP contribution is 2.25. The van der Waals surface area contributed by atoms with E-state index in [-0.39, 0.29) is 23.5 Å². The number of aromatic hydroxyl groups is 1. The average Bonchev–Trinajstić information content (AvgIpc) is 3.01. The number of ketones is 1. The van der Waals surface area contributed by atoms with Crippen molar-refractivity contribution < 1.29 is 15.0 Å². The van der Waals surface area contributed by atoms with E-state index in [2.05, 4.69) is 5.32 Å². The Morgan fingerprint density at radius 2 is 1.90 bits per heavy atom. The highest BCUT2D eigenvalue weighted by molar-refractivity contribution is 5.91. The van der Waals surface area contributed by atoms with E-state index >= 15 is 0 Å². The standard InChI is InChI=1S/C17H23NO3/c1-12(17(21)14-6-8-15(19)9-7-14)18-11-10-16(20)13-4-2-3-5-13/h6-13,17-19,21H,2-5H2,1H3/b11-10+. The number of allylic oxidation sites excluding steroid dienone is 1. The van der Waals surface area contributed by atoms with Crippen LogP contribution in [-0.2, 0) is 4.79 Å². The number of hydrogen-bond acceptors (Lipinski definition) is 4. The molecule has 0 spiro atoms. The summed E-state index contributed by atoms with van der Waals surface area (Å²) in [5.41, 5.74) is 0.725. The van der Waals surface area contributed by atoms with Crippen LogP contribution in [0, 0.1) is 5.92 Å². The van der Waals surface area contributed by atoms with Crippen molar-refractivity contribution in [3.8, 4) is 5.75 Å². The Hall–Kier alpha value is -1.81. The van der Waals surface area contributed by atoms with Crippen molar-refractivity contribution in [1.29, 1.82) is 0 Å². The van der Waals surface area contributed by atoms with Crippen LogP contribution in [0.2, 0.25) is 0 Å². The number of rotatable bonds is 6. The summed E-state index contributed by atoms with van der Waals surface area (Å²) >= 11 is 0. The molecule has 21 heavy (non-hydrogen) atoms. The molecule has 1 saturated carbocycles. The van der Waals surface area contributed by atoms with Crippen LogP contribution in [0.5, 0.6) is 5.75 Å². The van der Waals surface area contributed by atoms with Crippen LogP contribution in [0.1, 0.15) is 44.3 Å². The molecule has 114 valence electrons. The van der Waals surface area contributed by atoms with E-state index in [0.29, 0.717) is 0 Å². The number of phenols is 1. The van der Waals surface area contributed by atoms with Crippen LogP contribution < -0.4 is 5.32 Å². The Balaban J connectivity index is 1.84. The monoisotopic (exact) mass is 289 g/mol. The van der Waals surface area contributed by atoms with E-state index in [1.807, 2.05) is 6.92 Å². The van der Waals surface area contributed by atoms with Gasteiger partial charge in [-0.3, -0.25) is 4.79 Å². The van der Waals surface area contributed by atoms with Crippen molar-refractivity contribution in [3.63, 3.8) is 0 Å². The zero-order chi connectivity index (χ0) is 15.2. The van der Waals surface area contributed by atoms with Gasteiger partial charge in [0.05, 0.1) is 12.1 Å². The fraction of sp³-hybridized carbons (Fsp3) is 0.471. The number of carbonyl (C=O) groups excluding carboxylic acids is 1. The summed E-state index contributed by atoms with van der Waals surface area (Å²) in [7, 11) is 0. The molecular weight excluding hydrogens is 266 g/mol. The zero-order valence-electron chi connectivity index (χ0n) is 12.3. The SMILES string of the molecule is CC(N/C=C/C(=O)C1CCCC1)C(O)c1ccc(O)cc1. The quantitative estimate of drug-likeness (QED) is 0.704. The first kappa shape index (κ1) is 15.6. The number of aliphatic hydroxyl groups is 1. The summed E-state index contributed by atoms with van der Waals surface area (Å²) in [4.78, 5) is 11.9. The second kappa shape index (κ2) is 7.27. The molecule has 2 unspecified atom stereocenters. The number of aliphatic hydroxyl groups excluding tert-OH is 1. The van der Waals surface area contributed by atoms with Crippen LogP contribution in [0.4, 0.5) is 0 Å². The Kier molecular flexibility index (Phi) is 5.39. The van der Waals surface area contributed by atoms with Gasteiger partial charge in [-0.15, -0.1) is 0 Å². The maximum atomic E-state index is 11.9. The summed E-state index contributed by atoms with van der Waals surface area (Å²) in [5.74, 6) is 0.528. The molecule has 4 nitrogen and oxygen atoms in total. The molecule has 2 rings (SSSR count). The second-order valence-electron chi connectivity index (χ2n) is 5.71. The summed E-state index contributed by atoms with van der Waals surface area (Å²) < 4.78 is 0. The largest absolute Gasteiger partial charge is 0.508 e. The molecule has 4 heteroatoms.